The van der Waals surface area contributed by atoms with Crippen molar-refractivity contribution >= 4 is 39.0 Å². The molecule has 502 valence electrons. The average Bonchev–Trinajstić information content (AvgIpc) is 1.49. The number of nitrogens with one attached hydrogen (secondary N) is 3. The highest BCUT2D eigenvalue weighted by atomic mass is 16.3. The fourth-order valence-electron chi connectivity index (χ4n) is 7.89. The van der Waals surface area contributed by atoms with Crippen molar-refractivity contribution in [3.8, 4) is 29.4 Å². The number of phenolic OH excluding ortho intramolecular Hbond substituents is 3. The minimum absolute atomic E-state index is 0. The minimum atomic E-state index is 0. The van der Waals surface area contributed by atoms with E-state index in [0.717, 1.165) is 164 Å². The topological polar surface area (TPSA) is 330 Å². The van der Waals surface area contributed by atoms with Gasteiger partial charge < -0.3 is 59.9 Å². The van der Waals surface area contributed by atoms with Crippen LogP contribution < -0.4 is 44.6 Å². The van der Waals surface area contributed by atoms with E-state index in [9.17, 15) is 20.1 Å². The summed E-state index contributed by atoms with van der Waals surface area (Å²) in [7, 11) is 0. The van der Waals surface area contributed by atoms with Crippen molar-refractivity contribution in [2.75, 3.05) is 72.0 Å². The molecule has 89 heavy (non-hydrogen) atoms. The molecule has 0 amide bonds. The van der Waals surface area contributed by atoms with Crippen molar-refractivity contribution in [1.82, 2.24) is 30.9 Å². The predicted molar refractivity (Wildman–Crippen MR) is 382 cm³/mol. The number of aryl methyl sites for hydroxylation is 2. The number of phenols is 3. The summed E-state index contributed by atoms with van der Waals surface area (Å²) in [5.41, 5.74) is 30.5. The Morgan fingerprint density at radius 1 is 0.416 bits per heavy atom. The Labute approximate surface area is 539 Å². The fourth-order valence-corrected chi connectivity index (χ4v) is 7.89. The number of pyridine rings is 3. The third-order valence-corrected chi connectivity index (χ3v) is 13.0. The molecule has 0 radical (unpaired) electrons. The number of aldehydes is 1. The normalized spacial score (nSPS) is 9.80. The molecule has 0 unspecified atom stereocenters. The zero-order chi connectivity index (χ0) is 64.6. The lowest BCUT2D eigenvalue weighted by atomic mass is 10.1. The van der Waals surface area contributed by atoms with Crippen LogP contribution in [0.4, 0.5) is 0 Å². The quantitative estimate of drug-likeness (QED) is 0.0132. The van der Waals surface area contributed by atoms with Crippen LogP contribution in [0.5, 0.6) is 17.2 Å². The van der Waals surface area contributed by atoms with Crippen LogP contribution in [0.25, 0.3) is 32.7 Å². The number of nitrogens with zero attached hydrogens (tertiary/aromatic N) is 5. The van der Waals surface area contributed by atoms with E-state index >= 15 is 0 Å². The van der Waals surface area contributed by atoms with Crippen molar-refractivity contribution in [1.29, 1.82) is 10.5 Å². The monoisotopic (exact) mass is 1240 g/mol. The first-order valence-electron chi connectivity index (χ1n) is 32.5. The third-order valence-electron chi connectivity index (χ3n) is 13.0. The molecule has 0 saturated carbocycles. The third kappa shape index (κ3) is 51.1. The van der Waals surface area contributed by atoms with E-state index in [1.165, 1.54) is 83.5 Å². The zero-order valence-electron chi connectivity index (χ0n) is 54.4. The first kappa shape index (κ1) is 89.0. The second kappa shape index (κ2) is 67.5. The second-order valence-corrected chi connectivity index (χ2v) is 20.9. The van der Waals surface area contributed by atoms with E-state index in [1.54, 1.807) is 36.4 Å². The lowest BCUT2D eigenvalue weighted by Crippen LogP contribution is -2.19. The Morgan fingerprint density at radius 3 is 1.21 bits per heavy atom. The maximum absolute atomic E-state index is 10.4. The van der Waals surface area contributed by atoms with E-state index in [-0.39, 0.29) is 32.1 Å². The fraction of sp³-hybridized carbons (Fsp3) is 0.583. The zero-order valence-corrected chi connectivity index (χ0v) is 54.4. The van der Waals surface area contributed by atoms with Gasteiger partial charge in [0.25, 0.3) is 0 Å². The lowest BCUT2D eigenvalue weighted by Gasteiger charge is -2.06. The molecule has 0 spiro atoms. The number of aromatic nitrogens is 3. The van der Waals surface area contributed by atoms with Gasteiger partial charge in [-0.2, -0.15) is 10.5 Å². The molecule has 17 heteroatoms. The van der Waals surface area contributed by atoms with Crippen LogP contribution in [-0.2, 0) is 6.42 Å². The Morgan fingerprint density at radius 2 is 0.775 bits per heavy atom. The smallest absolute Gasteiger partial charge is 0.168 e. The molecule has 3 aromatic heterocycles. The van der Waals surface area contributed by atoms with Crippen molar-refractivity contribution in [2.45, 2.75) is 204 Å². The van der Waals surface area contributed by atoms with Crippen molar-refractivity contribution in [3.05, 3.63) is 108 Å². The average molecular weight is 1240 g/mol. The van der Waals surface area contributed by atoms with E-state index in [0.29, 0.717) is 35.0 Å². The number of hydrogen-bond acceptors (Lipinski definition) is 17. The first-order valence-corrected chi connectivity index (χ1v) is 32.5. The lowest BCUT2D eigenvalue weighted by molar-refractivity contribution is 0.111. The van der Waals surface area contributed by atoms with Gasteiger partial charge in [0, 0.05) is 40.4 Å². The number of benzene rings is 3. The number of unbranched alkanes of at least 4 members (excludes halogenated alkanes) is 14. The SMILES string of the molecule is C.C.CCCCC#N.CCCCCN.CCCCCNCCCC#N.CCCCCNCCCN.Cc1ccc2cccc(O)c2n1.NCCCCN.NCCCCNCCCCCCc1ccc2cccc(O)c2n1.O=Cc1ccc2cccc(O)c2n1. The molecule has 16 N–H and O–H groups in total. The number of carbonyl (C=O) groups is 1. The Balaban J connectivity index is -0.000000484. The van der Waals surface area contributed by atoms with Gasteiger partial charge in [0.05, 0.1) is 12.1 Å². The molecule has 0 saturated heterocycles. The summed E-state index contributed by atoms with van der Waals surface area (Å²) in [4.78, 5) is 23.2. The molecule has 6 rings (SSSR count). The number of carbonyl (C=O) groups excluding carboxylic acids is 1. The molecular formula is C72H125N13O4. The van der Waals surface area contributed by atoms with E-state index in [1.807, 2.05) is 55.5 Å². The Hall–Kier alpha value is -6.38. The molecule has 3 heterocycles. The number of fused-ring (bicyclic) bond motifs is 3. The van der Waals surface area contributed by atoms with Gasteiger partial charge in [-0.15, -0.1) is 0 Å². The number of nitriles is 2. The van der Waals surface area contributed by atoms with Gasteiger partial charge in [-0.25, -0.2) is 15.0 Å². The van der Waals surface area contributed by atoms with E-state index < -0.39 is 0 Å². The largest absolute Gasteiger partial charge is 0.506 e. The molecule has 6 aromatic rings. The second-order valence-electron chi connectivity index (χ2n) is 20.9. The standard InChI is InChI=1S/C19H29N3O.C10H7NO2.C10H9NO.C9H18N2.C8H20N2.C5H13N.C5H9N.C4H12N2.2CH4/c20-13-4-6-15-21-14-5-2-1-3-9-17-12-11-16-8-7-10-18(23)19(16)22-17;12-6-8-5-4-7-2-1-3-9(13)10(7)11-8;1-7-5-6-8-3-2-4-9(12)10(8)11-7;1-2-3-5-8-11-9-6-4-7-10;1-2-3-4-7-10-8-5-6-9;2*1-2-3-4-5-6;5-3-1-2-4-6;;/h7-8,10-12,21,23H,1-6,9,13-15,20H2;1-6,13H;2-6,12H,1H3;11H,2-6,8-9H2,1H3;10H,2-9H2,1H3;2-6H2,1H3;2-4H2,1H3;1-6H2;2*1H4. The number of para-hydroxylation sites is 3. The highest BCUT2D eigenvalue weighted by Gasteiger charge is 2.04. The summed E-state index contributed by atoms with van der Waals surface area (Å²) in [6, 6.07) is 31.6. The van der Waals surface area contributed by atoms with Gasteiger partial charge in [-0.3, -0.25) is 4.79 Å². The predicted octanol–water partition coefficient (Wildman–Crippen LogP) is 14.4. The van der Waals surface area contributed by atoms with Crippen molar-refractivity contribution in [2.24, 2.45) is 28.7 Å². The van der Waals surface area contributed by atoms with Crippen molar-refractivity contribution < 1.29 is 20.1 Å². The molecule has 0 aliphatic rings. The Kier molecular flexibility index (Phi) is 67.6. The number of hydrogen-bond donors (Lipinski definition) is 11. The highest BCUT2D eigenvalue weighted by Crippen LogP contribution is 2.24. The van der Waals surface area contributed by atoms with Crippen LogP contribution in [0.15, 0.2) is 91.0 Å². The summed E-state index contributed by atoms with van der Waals surface area (Å²) in [5.74, 6) is 0.613. The first-order chi connectivity index (χ1) is 42.5. The van der Waals surface area contributed by atoms with E-state index in [4.69, 9.17) is 39.2 Å². The molecule has 0 atom stereocenters. The summed E-state index contributed by atoms with van der Waals surface area (Å²) in [5, 5.41) is 57.8. The van der Waals surface area contributed by atoms with Gasteiger partial charge in [0.2, 0.25) is 0 Å². The Bertz CT molecular complexity index is 2590. The van der Waals surface area contributed by atoms with Crippen LogP contribution in [0, 0.1) is 29.6 Å². The summed E-state index contributed by atoms with van der Waals surface area (Å²) >= 11 is 0. The molecule has 0 aliphatic heterocycles. The maximum Gasteiger partial charge on any atom is 0.168 e. The minimum Gasteiger partial charge on any atom is -0.506 e. The number of aromatic hydroxyl groups is 3. The van der Waals surface area contributed by atoms with Crippen LogP contribution in [0.3, 0.4) is 0 Å². The highest BCUT2D eigenvalue weighted by molar-refractivity contribution is 5.87. The maximum atomic E-state index is 10.4. The summed E-state index contributed by atoms with van der Waals surface area (Å²) in [6.45, 7) is 21.1. The molecule has 17 nitrogen and oxygen atoms in total. The van der Waals surface area contributed by atoms with Gasteiger partial charge in [-0.1, -0.05) is 155 Å². The molecular weight excluding hydrogens is 1110 g/mol. The molecule has 3 aromatic carbocycles. The number of rotatable bonds is 34. The van der Waals surface area contributed by atoms with Gasteiger partial charge >= 0.3 is 0 Å². The van der Waals surface area contributed by atoms with Gasteiger partial charge in [0.1, 0.15) is 39.5 Å². The van der Waals surface area contributed by atoms with E-state index in [2.05, 4.69) is 76.8 Å². The van der Waals surface area contributed by atoms with Crippen LogP contribution in [-0.4, -0.2) is 109 Å². The van der Waals surface area contributed by atoms with Crippen LogP contribution >= 0.6 is 0 Å². The van der Waals surface area contributed by atoms with Crippen LogP contribution in [0.1, 0.15) is 212 Å². The molecule has 0 bridgehead atoms. The van der Waals surface area contributed by atoms with Crippen LogP contribution in [0.2, 0.25) is 0 Å². The molecule has 0 aliphatic carbocycles. The van der Waals surface area contributed by atoms with Gasteiger partial charge in [0.15, 0.2) is 6.29 Å². The number of nitrogens with two attached hydrogens (primary N) is 5. The summed E-state index contributed by atoms with van der Waals surface area (Å²) in [6.07, 6.45) is 28.2. The summed E-state index contributed by atoms with van der Waals surface area (Å²) < 4.78 is 0. The van der Waals surface area contributed by atoms with Crippen molar-refractivity contribution in [3.63, 3.8) is 0 Å². The van der Waals surface area contributed by atoms with Gasteiger partial charge in [-0.05, 0) is 199 Å². The molecule has 0 fully saturated rings.